The molecule has 0 fully saturated rings. The van der Waals surface area contributed by atoms with Gasteiger partial charge >= 0.3 is 0 Å². The van der Waals surface area contributed by atoms with Gasteiger partial charge in [-0.1, -0.05) is 40.2 Å². The van der Waals surface area contributed by atoms with Crippen molar-refractivity contribution in [3.8, 4) is 0 Å². The van der Waals surface area contributed by atoms with Gasteiger partial charge < -0.3 is 0 Å². The van der Waals surface area contributed by atoms with E-state index in [1.165, 1.54) is 12.1 Å². The van der Waals surface area contributed by atoms with Crippen molar-refractivity contribution < 1.29 is 4.39 Å². The zero-order valence-electron chi connectivity index (χ0n) is 9.25. The average molecular weight is 314 g/mol. The number of benzene rings is 2. The van der Waals surface area contributed by atoms with E-state index in [0.29, 0.717) is 0 Å². The first-order valence-electron chi connectivity index (χ1n) is 5.23. The van der Waals surface area contributed by atoms with E-state index in [0.717, 1.165) is 21.2 Å². The van der Waals surface area contributed by atoms with Crippen LogP contribution in [0.5, 0.6) is 0 Å². The van der Waals surface area contributed by atoms with Crippen molar-refractivity contribution in [2.24, 2.45) is 0 Å². The van der Waals surface area contributed by atoms with Crippen LogP contribution < -0.4 is 0 Å². The van der Waals surface area contributed by atoms with Crippen LogP contribution in [0.1, 0.15) is 22.1 Å². The van der Waals surface area contributed by atoms with Crippen molar-refractivity contribution in [3.05, 3.63) is 69.4 Å². The van der Waals surface area contributed by atoms with Gasteiger partial charge in [0.2, 0.25) is 0 Å². The molecule has 0 spiro atoms. The quantitative estimate of drug-likeness (QED) is 0.666. The molecule has 0 amide bonds. The molecule has 0 aliphatic rings. The predicted molar refractivity (Wildman–Crippen MR) is 73.0 cm³/mol. The Labute approximate surface area is 114 Å². The minimum absolute atomic E-state index is 0.246. The maximum atomic E-state index is 12.8. The van der Waals surface area contributed by atoms with Crippen molar-refractivity contribution in [1.29, 1.82) is 0 Å². The maximum Gasteiger partial charge on any atom is 0.123 e. The summed E-state index contributed by atoms with van der Waals surface area (Å²) < 4.78 is 13.9. The van der Waals surface area contributed by atoms with Crippen LogP contribution in [-0.2, 0) is 0 Å². The Kier molecular flexibility index (Phi) is 3.85. The van der Waals surface area contributed by atoms with E-state index < -0.39 is 0 Å². The summed E-state index contributed by atoms with van der Waals surface area (Å²) in [4.78, 5) is 0. The summed E-state index contributed by atoms with van der Waals surface area (Å²) in [7, 11) is 0. The number of alkyl halides is 1. The molecule has 0 bridgehead atoms. The Morgan fingerprint density at radius 2 is 1.65 bits per heavy atom. The molecule has 2 aromatic carbocycles. The SMILES string of the molecule is Cc1cc(C(Cl)c2ccc(F)cc2)ccc1Br. The second kappa shape index (κ2) is 5.19. The predicted octanol–water partition coefficient (Wildman–Crippen LogP) is 5.22. The summed E-state index contributed by atoms with van der Waals surface area (Å²) in [5.41, 5.74) is 3.05. The Morgan fingerprint density at radius 3 is 2.24 bits per heavy atom. The topological polar surface area (TPSA) is 0 Å². The summed E-state index contributed by atoms with van der Waals surface area (Å²) in [6.07, 6.45) is 0. The molecule has 0 aliphatic carbocycles. The molecule has 17 heavy (non-hydrogen) atoms. The molecule has 0 nitrogen and oxygen atoms in total. The van der Waals surface area contributed by atoms with Gasteiger partial charge in [-0.2, -0.15) is 0 Å². The van der Waals surface area contributed by atoms with Gasteiger partial charge in [0.15, 0.2) is 0 Å². The molecule has 88 valence electrons. The van der Waals surface area contributed by atoms with E-state index in [4.69, 9.17) is 11.6 Å². The van der Waals surface area contributed by atoms with Crippen molar-refractivity contribution in [2.75, 3.05) is 0 Å². The Bertz CT molecular complexity index is 522. The highest BCUT2D eigenvalue weighted by atomic mass is 79.9. The third kappa shape index (κ3) is 2.88. The lowest BCUT2D eigenvalue weighted by Gasteiger charge is -2.11. The summed E-state index contributed by atoms with van der Waals surface area (Å²) in [5.74, 6) is -0.246. The molecule has 2 aromatic rings. The third-order valence-electron chi connectivity index (χ3n) is 2.64. The molecule has 2 rings (SSSR count). The van der Waals surface area contributed by atoms with Gasteiger partial charge in [-0.05, 0) is 41.8 Å². The van der Waals surface area contributed by atoms with Crippen LogP contribution in [0.4, 0.5) is 4.39 Å². The number of rotatable bonds is 2. The van der Waals surface area contributed by atoms with Crippen LogP contribution in [0.25, 0.3) is 0 Å². The van der Waals surface area contributed by atoms with Crippen LogP contribution in [0.2, 0.25) is 0 Å². The molecule has 1 atom stereocenters. The molecular weight excluding hydrogens is 303 g/mol. The molecule has 0 radical (unpaired) electrons. The fourth-order valence-electron chi connectivity index (χ4n) is 1.65. The van der Waals surface area contributed by atoms with Crippen LogP contribution >= 0.6 is 27.5 Å². The molecule has 0 aliphatic heterocycles. The Hall–Kier alpha value is -0.860. The van der Waals surface area contributed by atoms with Gasteiger partial charge in [0.05, 0.1) is 5.38 Å². The monoisotopic (exact) mass is 312 g/mol. The normalized spacial score (nSPS) is 12.5. The summed E-state index contributed by atoms with van der Waals surface area (Å²) in [6, 6.07) is 12.3. The molecule has 1 unspecified atom stereocenters. The van der Waals surface area contributed by atoms with E-state index in [1.807, 2.05) is 25.1 Å². The zero-order chi connectivity index (χ0) is 12.4. The molecule has 0 N–H and O–H groups in total. The smallest absolute Gasteiger partial charge is 0.123 e. The van der Waals surface area contributed by atoms with Gasteiger partial charge in [0, 0.05) is 4.47 Å². The second-order valence-corrected chi connectivity index (χ2v) is 5.21. The van der Waals surface area contributed by atoms with E-state index in [-0.39, 0.29) is 11.2 Å². The van der Waals surface area contributed by atoms with E-state index >= 15 is 0 Å². The molecule has 0 heterocycles. The summed E-state index contributed by atoms with van der Waals surface area (Å²) in [6.45, 7) is 2.02. The second-order valence-electron chi connectivity index (χ2n) is 3.92. The van der Waals surface area contributed by atoms with Crippen LogP contribution in [-0.4, -0.2) is 0 Å². The van der Waals surface area contributed by atoms with Crippen molar-refractivity contribution in [2.45, 2.75) is 12.3 Å². The first-order valence-corrected chi connectivity index (χ1v) is 6.46. The summed E-state index contributed by atoms with van der Waals surface area (Å²) >= 11 is 9.82. The minimum atomic E-state index is -0.248. The first kappa shape index (κ1) is 12.6. The fourth-order valence-corrected chi connectivity index (χ4v) is 2.18. The minimum Gasteiger partial charge on any atom is -0.207 e. The summed E-state index contributed by atoms with van der Waals surface area (Å²) in [5, 5.41) is -0.248. The zero-order valence-corrected chi connectivity index (χ0v) is 11.6. The molecular formula is C14H11BrClF. The van der Waals surface area contributed by atoms with Crippen molar-refractivity contribution in [3.63, 3.8) is 0 Å². The highest BCUT2D eigenvalue weighted by molar-refractivity contribution is 9.10. The lowest BCUT2D eigenvalue weighted by molar-refractivity contribution is 0.627. The van der Waals surface area contributed by atoms with Gasteiger partial charge in [-0.3, -0.25) is 0 Å². The molecule has 0 saturated carbocycles. The first-order chi connectivity index (χ1) is 8.08. The van der Waals surface area contributed by atoms with Crippen molar-refractivity contribution in [1.82, 2.24) is 0 Å². The standard InChI is InChI=1S/C14H11BrClF/c1-9-8-11(4-7-13(9)15)14(16)10-2-5-12(17)6-3-10/h2-8,14H,1H3. The van der Waals surface area contributed by atoms with Gasteiger partial charge in [-0.25, -0.2) is 4.39 Å². The van der Waals surface area contributed by atoms with Crippen LogP contribution in [0.3, 0.4) is 0 Å². The number of aryl methyl sites for hydroxylation is 1. The number of hydrogen-bond acceptors (Lipinski definition) is 0. The third-order valence-corrected chi connectivity index (χ3v) is 4.03. The van der Waals surface area contributed by atoms with E-state index in [9.17, 15) is 4.39 Å². The lowest BCUT2D eigenvalue weighted by atomic mass is 10.0. The van der Waals surface area contributed by atoms with E-state index in [1.54, 1.807) is 12.1 Å². The maximum absolute atomic E-state index is 12.8. The highest BCUT2D eigenvalue weighted by Crippen LogP contribution is 2.31. The van der Waals surface area contributed by atoms with Crippen LogP contribution in [0.15, 0.2) is 46.9 Å². The van der Waals surface area contributed by atoms with Crippen molar-refractivity contribution >= 4 is 27.5 Å². The number of hydrogen-bond donors (Lipinski definition) is 0. The van der Waals surface area contributed by atoms with Gasteiger partial charge in [-0.15, -0.1) is 11.6 Å². The van der Waals surface area contributed by atoms with Gasteiger partial charge in [0.25, 0.3) is 0 Å². The van der Waals surface area contributed by atoms with Gasteiger partial charge in [0.1, 0.15) is 5.82 Å². The highest BCUT2D eigenvalue weighted by Gasteiger charge is 2.11. The number of halogens is 3. The fraction of sp³-hybridized carbons (Fsp3) is 0.143. The Morgan fingerprint density at radius 1 is 1.06 bits per heavy atom. The molecule has 0 aromatic heterocycles. The molecule has 3 heteroatoms. The van der Waals surface area contributed by atoms with Crippen LogP contribution in [0, 0.1) is 12.7 Å². The molecule has 0 saturated heterocycles. The van der Waals surface area contributed by atoms with E-state index in [2.05, 4.69) is 15.9 Å². The largest absolute Gasteiger partial charge is 0.207 e. The average Bonchev–Trinajstić information content (AvgIpc) is 2.33. The lowest BCUT2D eigenvalue weighted by Crippen LogP contribution is -1.94. The Balaban J connectivity index is 2.33.